The highest BCUT2D eigenvalue weighted by molar-refractivity contribution is 5.79. The van der Waals surface area contributed by atoms with Gasteiger partial charge in [0, 0.05) is 51.5 Å². The van der Waals surface area contributed by atoms with Crippen molar-refractivity contribution in [3.63, 3.8) is 0 Å². The van der Waals surface area contributed by atoms with Crippen LogP contribution in [-0.2, 0) is 16.1 Å². The summed E-state index contributed by atoms with van der Waals surface area (Å²) < 4.78 is 5.36. The van der Waals surface area contributed by atoms with E-state index in [0.29, 0.717) is 5.91 Å². The van der Waals surface area contributed by atoms with E-state index in [1.807, 2.05) is 4.90 Å². The molecule has 108 valence electrons. The van der Waals surface area contributed by atoms with Gasteiger partial charge in [0.15, 0.2) is 0 Å². The molecule has 3 rings (SSSR count). The van der Waals surface area contributed by atoms with Gasteiger partial charge in [-0.25, -0.2) is 0 Å². The molecule has 4 heteroatoms. The number of hydrogen-bond acceptors (Lipinski definition) is 3. The third-order valence-electron chi connectivity index (χ3n) is 4.35. The summed E-state index contributed by atoms with van der Waals surface area (Å²) >= 11 is 0. The van der Waals surface area contributed by atoms with E-state index >= 15 is 0 Å². The molecule has 20 heavy (non-hydrogen) atoms. The predicted molar refractivity (Wildman–Crippen MR) is 78.7 cm³/mol. The highest BCUT2D eigenvalue weighted by atomic mass is 16.5. The summed E-state index contributed by atoms with van der Waals surface area (Å²) in [6.45, 7) is 3.88. The molecule has 0 radical (unpaired) electrons. The molecule has 0 spiro atoms. The van der Waals surface area contributed by atoms with E-state index in [-0.39, 0.29) is 5.92 Å². The number of amides is 1. The molecule has 0 N–H and O–H groups in total. The van der Waals surface area contributed by atoms with Gasteiger partial charge in [0.1, 0.15) is 0 Å². The van der Waals surface area contributed by atoms with Crippen LogP contribution in [0.4, 0.5) is 5.69 Å². The van der Waals surface area contributed by atoms with Crippen LogP contribution in [0.25, 0.3) is 0 Å². The number of hydrogen-bond donors (Lipinski definition) is 0. The molecule has 4 nitrogen and oxygen atoms in total. The van der Waals surface area contributed by atoms with Crippen LogP contribution in [0.15, 0.2) is 24.3 Å². The Morgan fingerprint density at radius 3 is 2.75 bits per heavy atom. The van der Waals surface area contributed by atoms with Crippen LogP contribution < -0.4 is 4.90 Å². The molecule has 1 aromatic rings. The molecular formula is C16H22N2O2. The van der Waals surface area contributed by atoms with Crippen molar-refractivity contribution in [2.75, 3.05) is 38.3 Å². The Hall–Kier alpha value is -1.55. The second-order valence-electron chi connectivity index (χ2n) is 5.70. The lowest BCUT2D eigenvalue weighted by Gasteiger charge is -2.28. The molecule has 1 fully saturated rings. The fourth-order valence-electron chi connectivity index (χ4n) is 3.08. The van der Waals surface area contributed by atoms with Crippen molar-refractivity contribution < 1.29 is 9.53 Å². The average Bonchev–Trinajstić information content (AvgIpc) is 2.67. The number of anilines is 1. The maximum absolute atomic E-state index is 12.7. The smallest absolute Gasteiger partial charge is 0.226 e. The summed E-state index contributed by atoms with van der Waals surface area (Å²) in [5.74, 6) is 0.456. The van der Waals surface area contributed by atoms with Crippen molar-refractivity contribution in [2.45, 2.75) is 19.4 Å². The van der Waals surface area contributed by atoms with Crippen molar-refractivity contribution in [3.05, 3.63) is 29.8 Å². The predicted octanol–water partition coefficient (Wildman–Crippen LogP) is 1.89. The summed E-state index contributed by atoms with van der Waals surface area (Å²) in [5.41, 5.74) is 2.49. The average molecular weight is 274 g/mol. The van der Waals surface area contributed by atoms with E-state index in [1.54, 1.807) is 0 Å². The fourth-order valence-corrected chi connectivity index (χ4v) is 3.08. The lowest BCUT2D eigenvalue weighted by molar-refractivity contribution is -0.139. The first-order chi connectivity index (χ1) is 9.75. The number of nitrogens with zero attached hydrogens (tertiary/aromatic N) is 2. The molecule has 0 saturated carbocycles. The second-order valence-corrected chi connectivity index (χ2v) is 5.70. The molecular weight excluding hydrogens is 252 g/mol. The van der Waals surface area contributed by atoms with Crippen molar-refractivity contribution in [3.8, 4) is 0 Å². The second kappa shape index (κ2) is 5.83. The van der Waals surface area contributed by atoms with E-state index in [0.717, 1.165) is 45.7 Å². The SMILES string of the molecule is CN1CCN(C(=O)C2CCOCC2)Cc2ccccc21. The van der Waals surface area contributed by atoms with Crippen molar-refractivity contribution in [1.82, 2.24) is 4.90 Å². The Bertz CT molecular complexity index is 483. The van der Waals surface area contributed by atoms with Gasteiger partial charge in [-0.15, -0.1) is 0 Å². The van der Waals surface area contributed by atoms with Gasteiger partial charge in [0.05, 0.1) is 0 Å². The van der Waals surface area contributed by atoms with Crippen LogP contribution in [0, 0.1) is 5.92 Å². The minimum absolute atomic E-state index is 0.152. The maximum Gasteiger partial charge on any atom is 0.226 e. The van der Waals surface area contributed by atoms with Crippen molar-refractivity contribution in [1.29, 1.82) is 0 Å². The van der Waals surface area contributed by atoms with Gasteiger partial charge in [-0.2, -0.15) is 0 Å². The van der Waals surface area contributed by atoms with Crippen LogP contribution in [0.1, 0.15) is 18.4 Å². The van der Waals surface area contributed by atoms with Gasteiger partial charge in [-0.3, -0.25) is 4.79 Å². The number of likely N-dealkylation sites (N-methyl/N-ethyl adjacent to an activating group) is 1. The third-order valence-corrected chi connectivity index (χ3v) is 4.35. The zero-order valence-electron chi connectivity index (χ0n) is 12.0. The maximum atomic E-state index is 12.7. The summed E-state index contributed by atoms with van der Waals surface area (Å²) in [5, 5.41) is 0. The minimum atomic E-state index is 0.152. The van der Waals surface area contributed by atoms with Gasteiger partial charge in [0.25, 0.3) is 0 Å². The Kier molecular flexibility index (Phi) is 3.92. The van der Waals surface area contributed by atoms with E-state index in [9.17, 15) is 4.79 Å². The number of rotatable bonds is 1. The van der Waals surface area contributed by atoms with Gasteiger partial charge >= 0.3 is 0 Å². The van der Waals surface area contributed by atoms with Crippen LogP contribution in [0.3, 0.4) is 0 Å². The Balaban J connectivity index is 1.77. The first-order valence-electron chi connectivity index (χ1n) is 7.41. The zero-order valence-corrected chi connectivity index (χ0v) is 12.0. The molecule has 1 aromatic carbocycles. The van der Waals surface area contributed by atoms with Crippen LogP contribution in [0.2, 0.25) is 0 Å². The molecule has 2 aliphatic heterocycles. The largest absolute Gasteiger partial charge is 0.381 e. The van der Waals surface area contributed by atoms with Crippen LogP contribution in [-0.4, -0.2) is 44.2 Å². The Morgan fingerprint density at radius 2 is 1.95 bits per heavy atom. The van der Waals surface area contributed by atoms with Crippen molar-refractivity contribution >= 4 is 11.6 Å². The number of carbonyl (C=O) groups is 1. The van der Waals surface area contributed by atoms with Crippen LogP contribution >= 0.6 is 0 Å². The number of para-hydroxylation sites is 1. The normalized spacial score (nSPS) is 20.4. The molecule has 0 aliphatic carbocycles. The lowest BCUT2D eigenvalue weighted by Crippen LogP contribution is -2.40. The fraction of sp³-hybridized carbons (Fsp3) is 0.562. The number of carbonyl (C=O) groups excluding carboxylic acids is 1. The first-order valence-corrected chi connectivity index (χ1v) is 7.41. The first kappa shape index (κ1) is 13.4. The monoisotopic (exact) mass is 274 g/mol. The van der Waals surface area contributed by atoms with E-state index < -0.39 is 0 Å². The number of fused-ring (bicyclic) bond motifs is 1. The van der Waals surface area contributed by atoms with Gasteiger partial charge < -0.3 is 14.5 Å². The standard InChI is InChI=1S/C16H22N2O2/c1-17-8-9-18(12-14-4-2-3-5-15(14)17)16(19)13-6-10-20-11-7-13/h2-5,13H,6-12H2,1H3. The molecule has 0 unspecified atom stereocenters. The highest BCUT2D eigenvalue weighted by Crippen LogP contribution is 2.26. The van der Waals surface area contributed by atoms with E-state index in [2.05, 4.69) is 36.2 Å². The molecule has 1 saturated heterocycles. The summed E-state index contributed by atoms with van der Waals surface area (Å²) in [6.07, 6.45) is 1.74. The third kappa shape index (κ3) is 2.66. The zero-order chi connectivity index (χ0) is 13.9. The molecule has 0 bridgehead atoms. The summed E-state index contributed by atoms with van der Waals surface area (Å²) in [7, 11) is 2.10. The van der Waals surface area contributed by atoms with Crippen LogP contribution in [0.5, 0.6) is 0 Å². The minimum Gasteiger partial charge on any atom is -0.381 e. The van der Waals surface area contributed by atoms with Crippen molar-refractivity contribution in [2.24, 2.45) is 5.92 Å². The Labute approximate surface area is 120 Å². The Morgan fingerprint density at radius 1 is 1.20 bits per heavy atom. The van der Waals surface area contributed by atoms with E-state index in [4.69, 9.17) is 4.74 Å². The van der Waals surface area contributed by atoms with Gasteiger partial charge in [-0.1, -0.05) is 18.2 Å². The highest BCUT2D eigenvalue weighted by Gasteiger charge is 2.28. The number of benzene rings is 1. The number of ether oxygens (including phenoxy) is 1. The molecule has 0 aromatic heterocycles. The topological polar surface area (TPSA) is 32.8 Å². The molecule has 2 aliphatic rings. The summed E-state index contributed by atoms with van der Waals surface area (Å²) in [6, 6.07) is 8.37. The summed E-state index contributed by atoms with van der Waals surface area (Å²) in [4.78, 5) is 16.9. The molecule has 2 heterocycles. The lowest BCUT2D eigenvalue weighted by atomic mass is 9.98. The quantitative estimate of drug-likeness (QED) is 0.784. The van der Waals surface area contributed by atoms with Gasteiger partial charge in [-0.05, 0) is 24.5 Å². The molecule has 1 amide bonds. The van der Waals surface area contributed by atoms with E-state index in [1.165, 1.54) is 11.3 Å². The van der Waals surface area contributed by atoms with Gasteiger partial charge in [0.2, 0.25) is 5.91 Å². The molecule has 0 atom stereocenters.